The van der Waals surface area contributed by atoms with Crippen LogP contribution in [-0.2, 0) is 6.54 Å². The Balaban J connectivity index is 2.67. The van der Waals surface area contributed by atoms with Crippen molar-refractivity contribution in [3.05, 3.63) is 47.3 Å². The Hall–Kier alpha value is -2.74. The van der Waals surface area contributed by atoms with Crippen molar-refractivity contribution in [3.8, 4) is 6.07 Å². The minimum absolute atomic E-state index is 0.511. The van der Waals surface area contributed by atoms with Crippen molar-refractivity contribution in [2.45, 2.75) is 20.4 Å². The second-order valence-corrected chi connectivity index (χ2v) is 4.50. The molecule has 3 N–H and O–H groups in total. The van der Waals surface area contributed by atoms with E-state index in [1.165, 1.54) is 0 Å². The van der Waals surface area contributed by atoms with E-state index in [1.807, 2.05) is 48.7 Å². The normalized spacial score (nSPS) is 11.2. The lowest BCUT2D eigenvalue weighted by Gasteiger charge is -2.18. The quantitative estimate of drug-likeness (QED) is 0.904. The Bertz CT molecular complexity index is 723. The van der Waals surface area contributed by atoms with Gasteiger partial charge in [0.1, 0.15) is 23.3 Å². The molecule has 0 aliphatic heterocycles. The summed E-state index contributed by atoms with van der Waals surface area (Å²) < 4.78 is 1.88. The van der Waals surface area contributed by atoms with E-state index >= 15 is 0 Å². The van der Waals surface area contributed by atoms with E-state index in [-0.39, 0.29) is 0 Å². The number of hydrogen-bond donors (Lipinski definition) is 2. The molecule has 108 valence electrons. The van der Waals surface area contributed by atoms with Crippen LogP contribution in [0.3, 0.4) is 0 Å². The molecule has 21 heavy (non-hydrogen) atoms. The van der Waals surface area contributed by atoms with Crippen LogP contribution in [0.15, 0.2) is 41.4 Å². The Morgan fingerprint density at radius 1 is 1.29 bits per heavy atom. The molecule has 2 rings (SSSR count). The molecule has 1 aromatic heterocycles. The number of nitrogen functional groups attached to an aromatic ring is 1. The summed E-state index contributed by atoms with van der Waals surface area (Å²) >= 11 is 0. The molecule has 5 nitrogen and oxygen atoms in total. The van der Waals surface area contributed by atoms with Gasteiger partial charge in [-0.3, -0.25) is 4.99 Å². The predicted molar refractivity (Wildman–Crippen MR) is 85.1 cm³/mol. The van der Waals surface area contributed by atoms with Crippen molar-refractivity contribution in [3.63, 3.8) is 0 Å². The number of rotatable bonds is 4. The molecule has 2 aromatic rings. The van der Waals surface area contributed by atoms with E-state index in [1.54, 1.807) is 6.07 Å². The standard InChI is InChI=1S/C16H19N5/c1-3-19-14-10-15(18)21(4-2)16(13(14)11-17)20-12-8-6-5-7-9-12/h5-10,20H,3-4,18H2,1-2H3. The molecule has 0 bridgehead atoms. The van der Waals surface area contributed by atoms with Gasteiger partial charge in [-0.15, -0.1) is 0 Å². The van der Waals surface area contributed by atoms with Gasteiger partial charge < -0.3 is 15.6 Å². The lowest BCUT2D eigenvalue weighted by Crippen LogP contribution is -2.20. The summed E-state index contributed by atoms with van der Waals surface area (Å²) in [5.74, 6) is 1.26. The molecule has 1 aromatic carbocycles. The van der Waals surface area contributed by atoms with Gasteiger partial charge in [-0.05, 0) is 26.0 Å². The zero-order valence-corrected chi connectivity index (χ0v) is 12.3. The molecular weight excluding hydrogens is 262 g/mol. The Labute approximate surface area is 124 Å². The van der Waals surface area contributed by atoms with Crippen LogP contribution in [0.5, 0.6) is 0 Å². The highest BCUT2D eigenvalue weighted by molar-refractivity contribution is 5.65. The monoisotopic (exact) mass is 281 g/mol. The Kier molecular flexibility index (Phi) is 4.62. The van der Waals surface area contributed by atoms with Crippen LogP contribution in [0.25, 0.3) is 0 Å². The van der Waals surface area contributed by atoms with E-state index in [9.17, 15) is 5.26 Å². The lowest BCUT2D eigenvalue weighted by atomic mass is 10.2. The minimum atomic E-state index is 0.511. The first-order chi connectivity index (χ1) is 10.2. The van der Waals surface area contributed by atoms with Crippen LogP contribution in [0, 0.1) is 11.3 Å². The number of pyridine rings is 1. The lowest BCUT2D eigenvalue weighted by molar-refractivity contribution is 0.771. The van der Waals surface area contributed by atoms with Gasteiger partial charge in [-0.2, -0.15) is 5.26 Å². The number of benzene rings is 1. The maximum Gasteiger partial charge on any atom is 0.132 e. The van der Waals surface area contributed by atoms with Gasteiger partial charge in [0.25, 0.3) is 0 Å². The highest BCUT2D eigenvalue weighted by Gasteiger charge is 2.12. The van der Waals surface area contributed by atoms with E-state index in [0.29, 0.717) is 35.6 Å². The average molecular weight is 281 g/mol. The van der Waals surface area contributed by atoms with E-state index in [0.717, 1.165) is 5.69 Å². The maximum absolute atomic E-state index is 9.51. The highest BCUT2D eigenvalue weighted by Crippen LogP contribution is 2.21. The van der Waals surface area contributed by atoms with Gasteiger partial charge in [-0.1, -0.05) is 18.2 Å². The molecule has 5 heteroatoms. The number of nitrogens with one attached hydrogen (secondary N) is 1. The molecule has 0 atom stereocenters. The van der Waals surface area contributed by atoms with Crippen LogP contribution >= 0.6 is 0 Å². The third kappa shape index (κ3) is 3.06. The van der Waals surface area contributed by atoms with Gasteiger partial charge in [-0.25, -0.2) is 0 Å². The van der Waals surface area contributed by atoms with Crippen molar-refractivity contribution >= 4 is 17.3 Å². The fourth-order valence-electron chi connectivity index (χ4n) is 2.21. The van der Waals surface area contributed by atoms with Gasteiger partial charge in [0.2, 0.25) is 0 Å². The molecule has 0 fully saturated rings. The largest absolute Gasteiger partial charge is 0.385 e. The first-order valence-electron chi connectivity index (χ1n) is 6.97. The maximum atomic E-state index is 9.51. The second-order valence-electron chi connectivity index (χ2n) is 4.50. The van der Waals surface area contributed by atoms with Gasteiger partial charge in [0.15, 0.2) is 0 Å². The van der Waals surface area contributed by atoms with Crippen molar-refractivity contribution in [2.75, 3.05) is 17.6 Å². The van der Waals surface area contributed by atoms with Crippen molar-refractivity contribution in [1.82, 2.24) is 4.57 Å². The summed E-state index contributed by atoms with van der Waals surface area (Å²) in [6.45, 7) is 5.20. The van der Waals surface area contributed by atoms with Crippen LogP contribution in [-0.4, -0.2) is 11.1 Å². The molecule has 0 radical (unpaired) electrons. The topological polar surface area (TPSA) is 79.1 Å². The fourth-order valence-corrected chi connectivity index (χ4v) is 2.21. The number of anilines is 3. The molecule has 0 aliphatic carbocycles. The third-order valence-corrected chi connectivity index (χ3v) is 3.15. The van der Waals surface area contributed by atoms with Gasteiger partial charge >= 0.3 is 0 Å². The van der Waals surface area contributed by atoms with Crippen molar-refractivity contribution < 1.29 is 0 Å². The number of nitrogens with zero attached hydrogens (tertiary/aromatic N) is 3. The average Bonchev–Trinajstić information content (AvgIpc) is 2.49. The number of para-hydroxylation sites is 1. The van der Waals surface area contributed by atoms with E-state index in [4.69, 9.17) is 5.73 Å². The highest BCUT2D eigenvalue weighted by atomic mass is 15.1. The number of hydrogen-bond acceptors (Lipinski definition) is 4. The van der Waals surface area contributed by atoms with Crippen LogP contribution in [0.2, 0.25) is 0 Å². The molecule has 0 unspecified atom stereocenters. The second kappa shape index (κ2) is 6.62. The van der Waals surface area contributed by atoms with E-state index < -0.39 is 0 Å². The molecule has 1 heterocycles. The van der Waals surface area contributed by atoms with Crippen LogP contribution in [0.1, 0.15) is 19.4 Å². The summed E-state index contributed by atoms with van der Waals surface area (Å²) in [7, 11) is 0. The zero-order chi connectivity index (χ0) is 15.2. The summed E-state index contributed by atoms with van der Waals surface area (Å²) in [5.41, 5.74) is 7.51. The molecule has 0 aliphatic rings. The SMILES string of the molecule is CCN=c1cc(N)n(CC)c(Nc2ccccc2)c1C#N. The summed E-state index contributed by atoms with van der Waals surface area (Å²) in [6, 6.07) is 13.7. The van der Waals surface area contributed by atoms with E-state index in [2.05, 4.69) is 16.4 Å². The summed E-state index contributed by atoms with van der Waals surface area (Å²) in [6.07, 6.45) is 0. The number of aromatic nitrogens is 1. The Morgan fingerprint density at radius 3 is 2.57 bits per heavy atom. The van der Waals surface area contributed by atoms with Crippen molar-refractivity contribution in [2.24, 2.45) is 4.99 Å². The first kappa shape index (κ1) is 14.7. The zero-order valence-electron chi connectivity index (χ0n) is 12.3. The van der Waals surface area contributed by atoms with Crippen molar-refractivity contribution in [1.29, 1.82) is 5.26 Å². The molecule has 0 saturated carbocycles. The smallest absolute Gasteiger partial charge is 0.132 e. The number of nitrogens with two attached hydrogens (primary N) is 1. The molecule has 0 saturated heterocycles. The fraction of sp³-hybridized carbons (Fsp3) is 0.250. The van der Waals surface area contributed by atoms with Gasteiger partial charge in [0, 0.05) is 24.8 Å². The first-order valence-corrected chi connectivity index (χ1v) is 6.97. The van der Waals surface area contributed by atoms with Crippen LogP contribution < -0.4 is 16.4 Å². The van der Waals surface area contributed by atoms with Crippen LogP contribution in [0.4, 0.5) is 17.3 Å². The molecular formula is C16H19N5. The third-order valence-electron chi connectivity index (χ3n) is 3.15. The number of nitriles is 1. The summed E-state index contributed by atoms with van der Waals surface area (Å²) in [4.78, 5) is 4.36. The predicted octanol–water partition coefficient (Wildman–Crippen LogP) is 2.63. The Morgan fingerprint density at radius 2 is 2.00 bits per heavy atom. The molecule has 0 spiro atoms. The van der Waals surface area contributed by atoms with Gasteiger partial charge in [0.05, 0.1) is 5.36 Å². The minimum Gasteiger partial charge on any atom is -0.385 e. The molecule has 0 amide bonds. The summed E-state index contributed by atoms with van der Waals surface area (Å²) in [5, 5.41) is 13.4.